The van der Waals surface area contributed by atoms with Gasteiger partial charge in [0.2, 0.25) is 0 Å². The van der Waals surface area contributed by atoms with E-state index in [-0.39, 0.29) is 0 Å². The zero-order chi connectivity index (χ0) is 37.0. The molecule has 3 heterocycles. The fourth-order valence-corrected chi connectivity index (χ4v) is 10.3. The standard InChI is InChI=1S/C52H32N2S2/c1-3-13-33(14-4-1)35-17-11-18-36(27-35)38-28-39(41-21-12-22-44-42-19-7-10-24-49(42)56-51(41)44)30-40(29-38)47-32-46(53-52(54-47)34-15-5-2-6-16-34)37-25-26-50-45(31-37)43-20-8-9-23-48(43)55-50/h1-32H. The van der Waals surface area contributed by atoms with Crippen molar-refractivity contribution in [2.75, 3.05) is 0 Å². The quantitative estimate of drug-likeness (QED) is 0.169. The third-order valence-corrected chi connectivity index (χ3v) is 13.0. The Morgan fingerprint density at radius 3 is 1.61 bits per heavy atom. The van der Waals surface area contributed by atoms with Crippen molar-refractivity contribution in [2.24, 2.45) is 0 Å². The Balaban J connectivity index is 1.15. The number of aromatic nitrogens is 2. The van der Waals surface area contributed by atoms with E-state index < -0.39 is 0 Å². The van der Waals surface area contributed by atoms with Crippen LogP contribution in [0.1, 0.15) is 0 Å². The van der Waals surface area contributed by atoms with Crippen molar-refractivity contribution < 1.29 is 0 Å². The molecular weight excluding hydrogens is 717 g/mol. The van der Waals surface area contributed by atoms with Crippen LogP contribution in [-0.2, 0) is 0 Å². The van der Waals surface area contributed by atoms with E-state index in [4.69, 9.17) is 9.97 Å². The van der Waals surface area contributed by atoms with Gasteiger partial charge in [0.05, 0.1) is 11.4 Å². The average Bonchev–Trinajstić information content (AvgIpc) is 3.85. The lowest BCUT2D eigenvalue weighted by atomic mass is 9.92. The first-order valence-electron chi connectivity index (χ1n) is 18.8. The topological polar surface area (TPSA) is 25.8 Å². The molecule has 0 spiro atoms. The minimum Gasteiger partial charge on any atom is -0.228 e. The molecule has 0 amide bonds. The third-order valence-electron chi connectivity index (χ3n) is 10.7. The molecule has 0 N–H and O–H groups in total. The molecule has 0 saturated heterocycles. The molecule has 4 heteroatoms. The summed E-state index contributed by atoms with van der Waals surface area (Å²) in [7, 11) is 0. The summed E-state index contributed by atoms with van der Waals surface area (Å²) in [5.74, 6) is 0.706. The summed E-state index contributed by atoms with van der Waals surface area (Å²) < 4.78 is 5.16. The Morgan fingerprint density at radius 1 is 0.286 bits per heavy atom. The van der Waals surface area contributed by atoms with E-state index in [1.807, 2.05) is 28.7 Å². The first-order chi connectivity index (χ1) is 27.7. The second-order valence-electron chi connectivity index (χ2n) is 14.2. The van der Waals surface area contributed by atoms with E-state index in [9.17, 15) is 0 Å². The number of hydrogen-bond acceptors (Lipinski definition) is 4. The van der Waals surface area contributed by atoms with Crippen LogP contribution in [-0.4, -0.2) is 9.97 Å². The summed E-state index contributed by atoms with van der Waals surface area (Å²) in [6.45, 7) is 0. The van der Waals surface area contributed by atoms with Gasteiger partial charge in [-0.1, -0.05) is 140 Å². The molecule has 0 aliphatic heterocycles. The Labute approximate surface area is 332 Å². The highest BCUT2D eigenvalue weighted by atomic mass is 32.1. The zero-order valence-corrected chi connectivity index (χ0v) is 31.8. The molecule has 2 nitrogen and oxygen atoms in total. The maximum absolute atomic E-state index is 5.33. The Morgan fingerprint density at radius 2 is 0.821 bits per heavy atom. The third kappa shape index (κ3) is 5.79. The van der Waals surface area contributed by atoms with Crippen molar-refractivity contribution in [3.8, 4) is 67.3 Å². The molecule has 0 fully saturated rings. The van der Waals surface area contributed by atoms with Gasteiger partial charge in [0.25, 0.3) is 0 Å². The largest absolute Gasteiger partial charge is 0.228 e. The molecule has 56 heavy (non-hydrogen) atoms. The molecule has 0 aliphatic carbocycles. The second-order valence-corrected chi connectivity index (χ2v) is 16.3. The van der Waals surface area contributed by atoms with E-state index in [0.29, 0.717) is 5.82 Å². The van der Waals surface area contributed by atoms with Gasteiger partial charge in [0.1, 0.15) is 0 Å². The minimum absolute atomic E-state index is 0.706. The second kappa shape index (κ2) is 13.5. The van der Waals surface area contributed by atoms with Crippen LogP contribution in [0, 0.1) is 0 Å². The molecule has 262 valence electrons. The molecule has 11 rings (SSSR count). The van der Waals surface area contributed by atoms with E-state index in [0.717, 1.165) is 44.8 Å². The monoisotopic (exact) mass is 748 g/mol. The van der Waals surface area contributed by atoms with Gasteiger partial charge in [-0.05, 0) is 88.0 Å². The van der Waals surface area contributed by atoms with E-state index in [1.54, 1.807) is 0 Å². The summed E-state index contributed by atoms with van der Waals surface area (Å²) in [6, 6.07) is 69.8. The number of thiophene rings is 2. The predicted octanol–water partition coefficient (Wildman–Crippen LogP) is 15.2. The normalized spacial score (nSPS) is 11.6. The molecule has 0 radical (unpaired) electrons. The lowest BCUT2D eigenvalue weighted by Crippen LogP contribution is -1.96. The Kier molecular flexibility index (Phi) is 7.90. The Bertz CT molecular complexity index is 3250. The van der Waals surface area contributed by atoms with Crippen molar-refractivity contribution in [1.82, 2.24) is 9.97 Å². The number of hydrogen-bond donors (Lipinski definition) is 0. The highest BCUT2D eigenvalue weighted by Crippen LogP contribution is 2.43. The molecule has 0 unspecified atom stereocenters. The van der Waals surface area contributed by atoms with Gasteiger partial charge in [0.15, 0.2) is 5.82 Å². The number of nitrogens with zero attached hydrogens (tertiary/aromatic N) is 2. The average molecular weight is 749 g/mol. The van der Waals surface area contributed by atoms with Crippen LogP contribution in [0.5, 0.6) is 0 Å². The summed E-state index contributed by atoms with van der Waals surface area (Å²) >= 11 is 3.70. The first-order valence-corrected chi connectivity index (χ1v) is 20.4. The van der Waals surface area contributed by atoms with Gasteiger partial charge in [0, 0.05) is 57.0 Å². The summed E-state index contributed by atoms with van der Waals surface area (Å²) in [6.07, 6.45) is 0. The van der Waals surface area contributed by atoms with Crippen LogP contribution in [0.2, 0.25) is 0 Å². The number of fused-ring (bicyclic) bond motifs is 6. The van der Waals surface area contributed by atoms with Crippen molar-refractivity contribution in [1.29, 1.82) is 0 Å². The SMILES string of the molecule is c1ccc(-c2cccc(-c3cc(-c4cc(-c5ccc6sc7ccccc7c6c5)nc(-c5ccccc5)n4)cc(-c4cccc5c4sc4ccccc45)c3)c2)cc1. The van der Waals surface area contributed by atoms with Crippen LogP contribution in [0.4, 0.5) is 0 Å². The van der Waals surface area contributed by atoms with Crippen molar-refractivity contribution in [3.05, 3.63) is 194 Å². The Hall–Kier alpha value is -6.72. The summed E-state index contributed by atoms with van der Waals surface area (Å²) in [5, 5.41) is 5.11. The van der Waals surface area contributed by atoms with Crippen LogP contribution < -0.4 is 0 Å². The molecule has 3 aromatic heterocycles. The summed E-state index contributed by atoms with van der Waals surface area (Å²) in [5.41, 5.74) is 12.0. The first kappa shape index (κ1) is 32.7. The number of benzene rings is 8. The molecule has 0 saturated carbocycles. The summed E-state index contributed by atoms with van der Waals surface area (Å²) in [4.78, 5) is 10.6. The predicted molar refractivity (Wildman–Crippen MR) is 240 cm³/mol. The van der Waals surface area contributed by atoms with Crippen LogP contribution in [0.3, 0.4) is 0 Å². The maximum Gasteiger partial charge on any atom is 0.160 e. The fraction of sp³-hybridized carbons (Fsp3) is 0. The van der Waals surface area contributed by atoms with Crippen LogP contribution >= 0.6 is 22.7 Å². The smallest absolute Gasteiger partial charge is 0.160 e. The molecule has 0 bridgehead atoms. The lowest BCUT2D eigenvalue weighted by Gasteiger charge is -2.14. The molecular formula is C52H32N2S2. The lowest BCUT2D eigenvalue weighted by molar-refractivity contribution is 1.18. The maximum atomic E-state index is 5.33. The molecule has 8 aromatic carbocycles. The van der Waals surface area contributed by atoms with Gasteiger partial charge in [-0.15, -0.1) is 22.7 Å². The van der Waals surface area contributed by atoms with Gasteiger partial charge in [-0.25, -0.2) is 9.97 Å². The van der Waals surface area contributed by atoms with Crippen molar-refractivity contribution >= 4 is 63.0 Å². The molecule has 0 atom stereocenters. The van der Waals surface area contributed by atoms with E-state index in [2.05, 4.69) is 188 Å². The molecule has 0 aliphatic rings. The van der Waals surface area contributed by atoms with Gasteiger partial charge >= 0.3 is 0 Å². The van der Waals surface area contributed by atoms with Crippen LogP contribution in [0.15, 0.2) is 194 Å². The van der Waals surface area contributed by atoms with E-state index >= 15 is 0 Å². The van der Waals surface area contributed by atoms with Gasteiger partial charge < -0.3 is 0 Å². The molecule has 11 aromatic rings. The highest BCUT2D eigenvalue weighted by Gasteiger charge is 2.17. The van der Waals surface area contributed by atoms with Crippen LogP contribution in [0.25, 0.3) is 108 Å². The van der Waals surface area contributed by atoms with Gasteiger partial charge in [-0.3, -0.25) is 0 Å². The van der Waals surface area contributed by atoms with E-state index in [1.165, 1.54) is 57.0 Å². The highest BCUT2D eigenvalue weighted by molar-refractivity contribution is 7.26. The number of rotatable bonds is 6. The minimum atomic E-state index is 0.706. The fourth-order valence-electron chi connectivity index (χ4n) is 7.93. The van der Waals surface area contributed by atoms with Crippen molar-refractivity contribution in [3.63, 3.8) is 0 Å². The van der Waals surface area contributed by atoms with Crippen molar-refractivity contribution in [2.45, 2.75) is 0 Å². The zero-order valence-electron chi connectivity index (χ0n) is 30.2. The van der Waals surface area contributed by atoms with Gasteiger partial charge in [-0.2, -0.15) is 0 Å².